The minimum atomic E-state index is 0.288. The Morgan fingerprint density at radius 1 is 1.53 bits per heavy atom. The fraction of sp³-hybridized carbons (Fsp3) is 0.667. The maximum absolute atomic E-state index is 11.9. The van der Waals surface area contributed by atoms with Crippen LogP contribution in [-0.2, 0) is 11.3 Å². The molecule has 1 aromatic heterocycles. The number of nitrogens with one attached hydrogen (secondary N) is 1. The Labute approximate surface area is 101 Å². The first-order chi connectivity index (χ1) is 8.24. The molecule has 1 aromatic rings. The van der Waals surface area contributed by atoms with Crippen molar-refractivity contribution in [1.29, 1.82) is 0 Å². The summed E-state index contributed by atoms with van der Waals surface area (Å²) in [5, 5.41) is 7.74. The lowest BCUT2D eigenvalue weighted by Gasteiger charge is -2.23. The monoisotopic (exact) mass is 234 g/mol. The fourth-order valence-electron chi connectivity index (χ4n) is 2.91. The largest absolute Gasteiger partial charge is 0.336 e. The van der Waals surface area contributed by atoms with Gasteiger partial charge in [-0.1, -0.05) is 0 Å². The summed E-state index contributed by atoms with van der Waals surface area (Å²) in [4.78, 5) is 13.9. The Hall–Kier alpha value is -1.36. The van der Waals surface area contributed by atoms with Gasteiger partial charge in [0, 0.05) is 31.2 Å². The van der Waals surface area contributed by atoms with Crippen LogP contribution in [0.5, 0.6) is 0 Å². The molecule has 3 heterocycles. The molecule has 1 amide bonds. The molecule has 2 aliphatic rings. The molecule has 0 aliphatic carbocycles. The molecule has 2 atom stereocenters. The van der Waals surface area contributed by atoms with Gasteiger partial charge in [0.2, 0.25) is 5.91 Å². The number of rotatable bonds is 3. The van der Waals surface area contributed by atoms with Crippen molar-refractivity contribution >= 4 is 5.91 Å². The third-order valence-electron chi connectivity index (χ3n) is 3.77. The molecular formula is C12H18N4O. The van der Waals surface area contributed by atoms with Crippen LogP contribution in [0.3, 0.4) is 0 Å². The third kappa shape index (κ3) is 1.95. The molecule has 0 bridgehead atoms. The molecule has 2 saturated heterocycles. The van der Waals surface area contributed by atoms with E-state index in [2.05, 4.69) is 10.4 Å². The summed E-state index contributed by atoms with van der Waals surface area (Å²) in [6, 6.07) is 2.80. The van der Waals surface area contributed by atoms with Crippen molar-refractivity contribution in [3.8, 4) is 0 Å². The summed E-state index contributed by atoms with van der Waals surface area (Å²) in [5.41, 5.74) is 1.03. The standard InChI is InChI=1S/C12H18N4O/c1-9-3-5-15(14-9)6-7-16-11-2-4-13-10(11)8-12(16)17/h3,5,10-11,13H,2,4,6-8H2,1H3/t10-,11-/m1/s1. The van der Waals surface area contributed by atoms with E-state index >= 15 is 0 Å². The average molecular weight is 234 g/mol. The lowest BCUT2D eigenvalue weighted by atomic mass is 10.1. The lowest BCUT2D eigenvalue weighted by molar-refractivity contribution is -0.129. The lowest BCUT2D eigenvalue weighted by Crippen LogP contribution is -2.38. The van der Waals surface area contributed by atoms with Crippen LogP contribution in [0.25, 0.3) is 0 Å². The molecule has 2 fully saturated rings. The Bertz CT molecular complexity index is 428. The van der Waals surface area contributed by atoms with E-state index in [4.69, 9.17) is 0 Å². The molecule has 3 rings (SSSR count). The van der Waals surface area contributed by atoms with Crippen LogP contribution >= 0.6 is 0 Å². The summed E-state index contributed by atoms with van der Waals surface area (Å²) < 4.78 is 1.92. The summed E-state index contributed by atoms with van der Waals surface area (Å²) in [6.07, 6.45) is 3.73. The van der Waals surface area contributed by atoms with Crippen LogP contribution in [0.4, 0.5) is 0 Å². The van der Waals surface area contributed by atoms with Crippen LogP contribution in [0.15, 0.2) is 12.3 Å². The number of aryl methyl sites for hydroxylation is 1. The summed E-state index contributed by atoms with van der Waals surface area (Å²) >= 11 is 0. The molecule has 0 saturated carbocycles. The van der Waals surface area contributed by atoms with Gasteiger partial charge in [0.15, 0.2) is 0 Å². The van der Waals surface area contributed by atoms with Gasteiger partial charge in [-0.3, -0.25) is 9.48 Å². The smallest absolute Gasteiger partial charge is 0.224 e. The third-order valence-corrected chi connectivity index (χ3v) is 3.77. The topological polar surface area (TPSA) is 50.2 Å². The van der Waals surface area contributed by atoms with E-state index in [1.165, 1.54) is 0 Å². The second-order valence-electron chi connectivity index (χ2n) is 4.93. The maximum Gasteiger partial charge on any atom is 0.224 e. The van der Waals surface area contributed by atoms with Gasteiger partial charge in [-0.05, 0) is 26.0 Å². The van der Waals surface area contributed by atoms with Crippen molar-refractivity contribution in [1.82, 2.24) is 20.0 Å². The first-order valence-electron chi connectivity index (χ1n) is 6.27. The van der Waals surface area contributed by atoms with Gasteiger partial charge < -0.3 is 10.2 Å². The summed E-state index contributed by atoms with van der Waals surface area (Å²) in [5.74, 6) is 0.288. The molecule has 1 N–H and O–H groups in total. The fourth-order valence-corrected chi connectivity index (χ4v) is 2.91. The van der Waals surface area contributed by atoms with E-state index in [1.807, 2.05) is 28.8 Å². The van der Waals surface area contributed by atoms with Gasteiger partial charge in [-0.25, -0.2) is 0 Å². The second-order valence-corrected chi connectivity index (χ2v) is 4.93. The first-order valence-corrected chi connectivity index (χ1v) is 6.27. The van der Waals surface area contributed by atoms with E-state index in [0.717, 1.165) is 31.7 Å². The van der Waals surface area contributed by atoms with Crippen molar-refractivity contribution in [2.24, 2.45) is 0 Å². The molecule has 5 nitrogen and oxygen atoms in total. The molecule has 0 unspecified atom stereocenters. The van der Waals surface area contributed by atoms with E-state index in [1.54, 1.807) is 0 Å². The van der Waals surface area contributed by atoms with Crippen molar-refractivity contribution < 1.29 is 4.79 Å². The van der Waals surface area contributed by atoms with Crippen LogP contribution in [0.1, 0.15) is 18.5 Å². The van der Waals surface area contributed by atoms with Crippen molar-refractivity contribution in [3.05, 3.63) is 18.0 Å². The molecule has 92 valence electrons. The number of carbonyl (C=O) groups excluding carboxylic acids is 1. The zero-order valence-corrected chi connectivity index (χ0v) is 10.1. The maximum atomic E-state index is 11.9. The Morgan fingerprint density at radius 3 is 3.18 bits per heavy atom. The molecule has 5 heteroatoms. The summed E-state index contributed by atoms with van der Waals surface area (Å²) in [6.45, 7) is 4.60. The first kappa shape index (κ1) is 10.8. The quantitative estimate of drug-likeness (QED) is 0.810. The number of hydrogen-bond donors (Lipinski definition) is 1. The van der Waals surface area contributed by atoms with Crippen LogP contribution in [0, 0.1) is 6.92 Å². The number of nitrogens with zero attached hydrogens (tertiary/aromatic N) is 3. The van der Waals surface area contributed by atoms with E-state index in [-0.39, 0.29) is 5.91 Å². The Morgan fingerprint density at radius 2 is 2.41 bits per heavy atom. The van der Waals surface area contributed by atoms with Crippen LogP contribution in [-0.4, -0.2) is 45.8 Å². The molecule has 0 aromatic carbocycles. The number of hydrogen-bond acceptors (Lipinski definition) is 3. The van der Waals surface area contributed by atoms with E-state index < -0.39 is 0 Å². The molecule has 0 spiro atoms. The highest BCUT2D eigenvalue weighted by molar-refractivity contribution is 5.80. The normalized spacial score (nSPS) is 27.8. The number of aromatic nitrogens is 2. The zero-order chi connectivity index (χ0) is 11.8. The minimum absolute atomic E-state index is 0.288. The molecular weight excluding hydrogens is 216 g/mol. The van der Waals surface area contributed by atoms with E-state index in [0.29, 0.717) is 18.5 Å². The Balaban J connectivity index is 1.63. The van der Waals surface area contributed by atoms with Gasteiger partial charge >= 0.3 is 0 Å². The van der Waals surface area contributed by atoms with Gasteiger partial charge in [-0.15, -0.1) is 0 Å². The highest BCUT2D eigenvalue weighted by Gasteiger charge is 2.41. The van der Waals surface area contributed by atoms with Crippen LogP contribution < -0.4 is 5.32 Å². The number of amides is 1. The van der Waals surface area contributed by atoms with Gasteiger partial charge in [0.25, 0.3) is 0 Å². The SMILES string of the molecule is Cc1ccn(CCN2C(=O)C[C@H]3NCC[C@H]32)n1. The van der Waals surface area contributed by atoms with Gasteiger partial charge in [0.05, 0.1) is 12.2 Å². The van der Waals surface area contributed by atoms with Crippen molar-refractivity contribution in [2.45, 2.75) is 38.4 Å². The zero-order valence-electron chi connectivity index (χ0n) is 10.1. The molecule has 17 heavy (non-hydrogen) atoms. The minimum Gasteiger partial charge on any atom is -0.336 e. The van der Waals surface area contributed by atoms with E-state index in [9.17, 15) is 4.79 Å². The number of carbonyl (C=O) groups is 1. The van der Waals surface area contributed by atoms with Crippen molar-refractivity contribution in [2.75, 3.05) is 13.1 Å². The number of fused-ring (bicyclic) bond motifs is 1. The predicted octanol–water partition coefficient (Wildman–Crippen LogP) is 0.154. The highest BCUT2D eigenvalue weighted by atomic mass is 16.2. The van der Waals surface area contributed by atoms with Crippen LogP contribution in [0.2, 0.25) is 0 Å². The van der Waals surface area contributed by atoms with Gasteiger partial charge in [-0.2, -0.15) is 5.10 Å². The Kier molecular flexibility index (Phi) is 2.63. The molecule has 2 aliphatic heterocycles. The second kappa shape index (κ2) is 4.14. The average Bonchev–Trinajstić information content (AvgIpc) is 2.93. The predicted molar refractivity (Wildman–Crippen MR) is 63.5 cm³/mol. The number of likely N-dealkylation sites (tertiary alicyclic amines) is 1. The highest BCUT2D eigenvalue weighted by Crippen LogP contribution is 2.25. The summed E-state index contributed by atoms with van der Waals surface area (Å²) in [7, 11) is 0. The van der Waals surface area contributed by atoms with Crippen molar-refractivity contribution in [3.63, 3.8) is 0 Å². The van der Waals surface area contributed by atoms with Gasteiger partial charge in [0.1, 0.15) is 0 Å². The molecule has 0 radical (unpaired) electrons.